The predicted octanol–water partition coefficient (Wildman–Crippen LogP) is -3.90. The third kappa shape index (κ3) is 12.7. The van der Waals surface area contributed by atoms with Crippen molar-refractivity contribution >= 4 is 10.1 Å². The van der Waals surface area contributed by atoms with Gasteiger partial charge in [-0.25, -0.2) is 0 Å². The summed E-state index contributed by atoms with van der Waals surface area (Å²) in [6.07, 6.45) is 0. The first-order valence-electron chi connectivity index (χ1n) is 2.16. The Balaban J connectivity index is 0. The zero-order valence-corrected chi connectivity index (χ0v) is 9.53. The third-order valence-corrected chi connectivity index (χ3v) is 1.33. The molecule has 0 atom stereocenters. The summed E-state index contributed by atoms with van der Waals surface area (Å²) in [5.74, 6) is -0.219. The molecule has 0 spiro atoms. The fourth-order valence-electron chi connectivity index (χ4n) is 0.231. The molecular weight excluding hydrogens is 169 g/mol. The Morgan fingerprint density at radius 1 is 1.56 bits per heavy atom. The first-order chi connectivity index (χ1) is 3.56. The smallest absolute Gasteiger partial charge is 0.319 e. The van der Waals surface area contributed by atoms with E-state index >= 15 is 0 Å². The second-order valence-electron chi connectivity index (χ2n) is 1.39. The first-order valence-corrected chi connectivity index (χ1v) is 3.77. The summed E-state index contributed by atoms with van der Waals surface area (Å²) in [6, 6.07) is 0. The summed E-state index contributed by atoms with van der Waals surface area (Å²) in [5.41, 5.74) is 0. The Hall–Kier alpha value is 1.51. The van der Waals surface area contributed by atoms with Gasteiger partial charge in [-0.05, 0) is 7.05 Å². The topological polar surface area (TPSA) is 66.4 Å². The van der Waals surface area contributed by atoms with Crippen LogP contribution in [-0.2, 0) is 10.1 Å². The van der Waals surface area contributed by atoms with Crippen LogP contribution in [0.15, 0.2) is 0 Å². The van der Waals surface area contributed by atoms with Crippen LogP contribution in [0.25, 0.3) is 0 Å². The van der Waals surface area contributed by atoms with Crippen LogP contribution in [0.4, 0.5) is 0 Å². The standard InChI is InChI=1S/C3H9NO3S.K/c1-4-2-3-8(5,6)7;/h4H,2-3H2,1H3,(H,5,6,7);/q;+1. The van der Waals surface area contributed by atoms with E-state index in [4.69, 9.17) is 4.55 Å². The van der Waals surface area contributed by atoms with Gasteiger partial charge in [0.05, 0.1) is 5.75 Å². The van der Waals surface area contributed by atoms with Crippen molar-refractivity contribution in [2.45, 2.75) is 0 Å². The van der Waals surface area contributed by atoms with Crippen LogP contribution in [0.3, 0.4) is 0 Å². The van der Waals surface area contributed by atoms with E-state index in [9.17, 15) is 8.42 Å². The monoisotopic (exact) mass is 178 g/mol. The molecule has 9 heavy (non-hydrogen) atoms. The summed E-state index contributed by atoms with van der Waals surface area (Å²) in [5, 5.41) is 2.59. The van der Waals surface area contributed by atoms with Crippen LogP contribution in [0, 0.1) is 0 Å². The largest absolute Gasteiger partial charge is 1.00 e. The minimum absolute atomic E-state index is 0. The average molecular weight is 178 g/mol. The molecule has 0 amide bonds. The Morgan fingerprint density at radius 2 is 2.00 bits per heavy atom. The number of hydrogen-bond donors (Lipinski definition) is 2. The van der Waals surface area contributed by atoms with E-state index in [1.807, 2.05) is 0 Å². The fourth-order valence-corrected chi connectivity index (χ4v) is 0.693. The SMILES string of the molecule is CNCCS(=O)(=O)O.[K+]. The fraction of sp³-hybridized carbons (Fsp3) is 1.00. The second-order valence-corrected chi connectivity index (χ2v) is 2.96. The first kappa shape index (κ1) is 13.1. The summed E-state index contributed by atoms with van der Waals surface area (Å²) in [7, 11) is -2.13. The Morgan fingerprint density at radius 3 is 2.11 bits per heavy atom. The van der Waals surface area contributed by atoms with Gasteiger partial charge in [0, 0.05) is 6.54 Å². The van der Waals surface area contributed by atoms with Crippen molar-refractivity contribution in [3.63, 3.8) is 0 Å². The molecule has 0 aliphatic rings. The van der Waals surface area contributed by atoms with Crippen molar-refractivity contribution in [2.24, 2.45) is 0 Å². The molecule has 4 nitrogen and oxygen atoms in total. The maximum absolute atomic E-state index is 9.91. The molecule has 0 fully saturated rings. The van der Waals surface area contributed by atoms with Crippen molar-refractivity contribution in [1.82, 2.24) is 5.32 Å². The quantitative estimate of drug-likeness (QED) is 0.342. The molecule has 2 N–H and O–H groups in total. The molecule has 0 aliphatic heterocycles. The summed E-state index contributed by atoms with van der Waals surface area (Å²) < 4.78 is 27.9. The van der Waals surface area contributed by atoms with Crippen LogP contribution < -0.4 is 56.7 Å². The maximum atomic E-state index is 9.91. The van der Waals surface area contributed by atoms with Crippen LogP contribution in [0.1, 0.15) is 0 Å². The van der Waals surface area contributed by atoms with Crippen molar-refractivity contribution in [2.75, 3.05) is 19.3 Å². The summed E-state index contributed by atoms with van der Waals surface area (Å²) in [4.78, 5) is 0. The normalized spacial score (nSPS) is 10.4. The van der Waals surface area contributed by atoms with E-state index in [-0.39, 0.29) is 57.1 Å². The van der Waals surface area contributed by atoms with Gasteiger partial charge in [0.1, 0.15) is 0 Å². The van der Waals surface area contributed by atoms with Crippen LogP contribution in [-0.4, -0.2) is 32.3 Å². The van der Waals surface area contributed by atoms with Gasteiger partial charge >= 0.3 is 51.4 Å². The van der Waals surface area contributed by atoms with E-state index < -0.39 is 10.1 Å². The minimum atomic E-state index is -3.75. The van der Waals surface area contributed by atoms with E-state index in [1.54, 1.807) is 7.05 Å². The van der Waals surface area contributed by atoms with E-state index in [1.165, 1.54) is 0 Å². The molecule has 0 aromatic carbocycles. The third-order valence-electron chi connectivity index (χ3n) is 0.610. The summed E-state index contributed by atoms with van der Waals surface area (Å²) >= 11 is 0. The number of rotatable bonds is 3. The minimum Gasteiger partial charge on any atom is -0.319 e. The average Bonchev–Trinajstić information content (AvgIpc) is 1.59. The Labute approximate surface area is 97.6 Å². The second kappa shape index (κ2) is 6.23. The van der Waals surface area contributed by atoms with E-state index in [2.05, 4.69) is 5.32 Å². The predicted molar refractivity (Wildman–Crippen MR) is 30.3 cm³/mol. The van der Waals surface area contributed by atoms with Crippen molar-refractivity contribution in [3.05, 3.63) is 0 Å². The van der Waals surface area contributed by atoms with Gasteiger partial charge in [-0.3, -0.25) is 4.55 Å². The van der Waals surface area contributed by atoms with Gasteiger partial charge in [0.2, 0.25) is 0 Å². The molecule has 0 rings (SSSR count). The molecule has 0 unspecified atom stereocenters. The van der Waals surface area contributed by atoms with Gasteiger partial charge in [0.25, 0.3) is 10.1 Å². The van der Waals surface area contributed by atoms with Crippen LogP contribution in [0.2, 0.25) is 0 Å². The van der Waals surface area contributed by atoms with Gasteiger partial charge in [-0.15, -0.1) is 0 Å². The number of nitrogens with one attached hydrogen (secondary N) is 1. The number of hydrogen-bond acceptors (Lipinski definition) is 3. The molecule has 0 aromatic rings. The van der Waals surface area contributed by atoms with Crippen LogP contribution in [0.5, 0.6) is 0 Å². The van der Waals surface area contributed by atoms with Crippen molar-refractivity contribution in [1.29, 1.82) is 0 Å². The summed E-state index contributed by atoms with van der Waals surface area (Å²) in [6.45, 7) is 0.291. The van der Waals surface area contributed by atoms with Gasteiger partial charge in [-0.2, -0.15) is 8.42 Å². The molecule has 0 saturated carbocycles. The Bertz CT molecular complexity index is 143. The van der Waals surface area contributed by atoms with E-state index in [0.717, 1.165) is 0 Å². The maximum Gasteiger partial charge on any atom is 1.00 e. The zero-order valence-electron chi connectivity index (χ0n) is 5.59. The van der Waals surface area contributed by atoms with Crippen molar-refractivity contribution < 1.29 is 64.4 Å². The van der Waals surface area contributed by atoms with E-state index in [0.29, 0.717) is 6.54 Å². The molecule has 6 heteroatoms. The van der Waals surface area contributed by atoms with Gasteiger partial charge in [-0.1, -0.05) is 0 Å². The Kier molecular flexibility index (Phi) is 9.09. The molecule has 0 aliphatic carbocycles. The zero-order chi connectivity index (χ0) is 6.62. The molecule has 0 radical (unpaired) electrons. The van der Waals surface area contributed by atoms with Gasteiger partial charge in [0.15, 0.2) is 0 Å². The molecule has 0 heterocycles. The molecule has 0 bridgehead atoms. The molecule has 50 valence electrons. The van der Waals surface area contributed by atoms with Crippen molar-refractivity contribution in [3.8, 4) is 0 Å². The van der Waals surface area contributed by atoms with Crippen LogP contribution >= 0.6 is 0 Å². The molecule has 0 saturated heterocycles. The molecule has 0 aromatic heterocycles. The molecular formula is C3H9KNO3S+. The van der Waals surface area contributed by atoms with Gasteiger partial charge < -0.3 is 5.32 Å².